The third-order valence-corrected chi connectivity index (χ3v) is 5.56. The summed E-state index contributed by atoms with van der Waals surface area (Å²) in [5.74, 6) is 0.970. The number of nitrogens with one attached hydrogen (secondary N) is 1. The van der Waals surface area contributed by atoms with Crippen molar-refractivity contribution in [1.82, 2.24) is 5.32 Å². The van der Waals surface area contributed by atoms with Crippen LogP contribution in [0.25, 0.3) is 0 Å². The van der Waals surface area contributed by atoms with Gasteiger partial charge in [-0.05, 0) is 55.3 Å². The lowest BCUT2D eigenvalue weighted by atomic mass is 9.43. The molecule has 2 heteroatoms. The first-order chi connectivity index (χ1) is 7.82. The molecule has 4 aliphatic carbocycles. The Morgan fingerprint density at radius 2 is 1.76 bits per heavy atom. The zero-order chi connectivity index (χ0) is 12.3. The first kappa shape index (κ1) is 12.2. The lowest BCUT2D eigenvalue weighted by Crippen LogP contribution is -2.64. The van der Waals surface area contributed by atoms with Gasteiger partial charge in [-0.2, -0.15) is 0 Å². The van der Waals surface area contributed by atoms with E-state index in [1.807, 2.05) is 0 Å². The Morgan fingerprint density at radius 3 is 2.24 bits per heavy atom. The zero-order valence-electron chi connectivity index (χ0n) is 11.1. The van der Waals surface area contributed by atoms with E-state index in [1.165, 1.54) is 38.5 Å². The Balaban J connectivity index is 1.84. The average Bonchev–Trinajstić information content (AvgIpc) is 2.08. The quantitative estimate of drug-likeness (QED) is 0.822. The number of hydrogen-bond acceptors (Lipinski definition) is 1. The molecular weight excluding hydrogens is 274 g/mol. The van der Waals surface area contributed by atoms with E-state index < -0.39 is 0 Å². The minimum Gasteiger partial charge on any atom is -0.307 e. The van der Waals surface area contributed by atoms with Gasteiger partial charge in [-0.3, -0.25) is 0 Å². The van der Waals surface area contributed by atoms with Crippen molar-refractivity contribution < 1.29 is 0 Å². The van der Waals surface area contributed by atoms with Gasteiger partial charge in [0, 0.05) is 16.6 Å². The summed E-state index contributed by atoms with van der Waals surface area (Å²) in [6.45, 7) is 9.94. The second-order valence-corrected chi connectivity index (χ2v) is 8.90. The summed E-state index contributed by atoms with van der Waals surface area (Å²) >= 11 is 3.48. The van der Waals surface area contributed by atoms with Crippen molar-refractivity contribution in [3.63, 3.8) is 0 Å². The minimum absolute atomic E-state index is 0.416. The lowest BCUT2D eigenvalue weighted by molar-refractivity contribution is -0.116. The molecule has 4 bridgehead atoms. The molecule has 0 aromatic heterocycles. The van der Waals surface area contributed by atoms with Crippen molar-refractivity contribution in [2.45, 2.75) is 57.9 Å². The number of rotatable bonds is 3. The molecule has 4 saturated carbocycles. The van der Waals surface area contributed by atoms with E-state index in [9.17, 15) is 0 Å². The van der Waals surface area contributed by atoms with Crippen molar-refractivity contribution >= 4 is 15.9 Å². The van der Waals surface area contributed by atoms with Crippen LogP contribution in [0.4, 0.5) is 0 Å². The van der Waals surface area contributed by atoms with E-state index in [0.29, 0.717) is 16.4 Å². The van der Waals surface area contributed by atoms with E-state index in [-0.39, 0.29) is 0 Å². The highest BCUT2D eigenvalue weighted by Crippen LogP contribution is 2.66. The second kappa shape index (κ2) is 3.60. The molecule has 1 N–H and O–H groups in total. The molecule has 2 unspecified atom stereocenters. The summed E-state index contributed by atoms with van der Waals surface area (Å²) < 4.78 is 1.09. The molecule has 0 amide bonds. The number of hydrogen-bond donors (Lipinski definition) is 1. The summed E-state index contributed by atoms with van der Waals surface area (Å²) in [6.07, 6.45) is 8.56. The van der Waals surface area contributed by atoms with Crippen molar-refractivity contribution in [3.05, 3.63) is 11.1 Å². The largest absolute Gasteiger partial charge is 0.307 e. The van der Waals surface area contributed by atoms with Gasteiger partial charge >= 0.3 is 0 Å². The topological polar surface area (TPSA) is 12.0 Å². The van der Waals surface area contributed by atoms with E-state index in [4.69, 9.17) is 0 Å². The fourth-order valence-corrected chi connectivity index (χ4v) is 6.07. The van der Waals surface area contributed by atoms with Crippen LogP contribution in [0.15, 0.2) is 11.1 Å². The van der Waals surface area contributed by atoms with E-state index in [0.717, 1.165) is 16.9 Å². The summed E-state index contributed by atoms with van der Waals surface area (Å²) in [6, 6.07) is 0. The first-order valence-electron chi connectivity index (χ1n) is 6.91. The maximum Gasteiger partial charge on any atom is 0.0270 e. The molecule has 4 fully saturated rings. The van der Waals surface area contributed by atoms with Gasteiger partial charge in [0.2, 0.25) is 0 Å². The lowest BCUT2D eigenvalue weighted by Gasteiger charge is -2.65. The van der Waals surface area contributed by atoms with Crippen molar-refractivity contribution in [2.24, 2.45) is 16.7 Å². The van der Waals surface area contributed by atoms with Gasteiger partial charge in [-0.25, -0.2) is 0 Å². The molecule has 2 atom stereocenters. The Labute approximate surface area is 114 Å². The van der Waals surface area contributed by atoms with E-state index >= 15 is 0 Å². The van der Waals surface area contributed by atoms with E-state index in [1.54, 1.807) is 0 Å². The van der Waals surface area contributed by atoms with Gasteiger partial charge < -0.3 is 5.32 Å². The first-order valence-corrected chi connectivity index (χ1v) is 7.70. The fraction of sp³-hybridized carbons (Fsp3) is 0.867. The highest BCUT2D eigenvalue weighted by atomic mass is 79.9. The van der Waals surface area contributed by atoms with Gasteiger partial charge in [-0.1, -0.05) is 36.4 Å². The SMILES string of the molecule is C=C(Br)CNC12CC3CC(C)(CC(C)(C3)C1)C2. The molecule has 0 radical (unpaired) electrons. The third-order valence-electron chi connectivity index (χ3n) is 5.28. The molecule has 0 aromatic carbocycles. The van der Waals surface area contributed by atoms with Gasteiger partial charge in [0.1, 0.15) is 0 Å². The molecule has 0 spiro atoms. The molecule has 0 aliphatic heterocycles. The summed E-state index contributed by atoms with van der Waals surface area (Å²) in [4.78, 5) is 0. The smallest absolute Gasteiger partial charge is 0.0270 e. The molecule has 0 saturated heterocycles. The average molecular weight is 298 g/mol. The van der Waals surface area contributed by atoms with Crippen LogP contribution in [0.3, 0.4) is 0 Å². The molecule has 0 aromatic rings. The molecule has 1 nitrogen and oxygen atoms in total. The van der Waals surface area contributed by atoms with E-state index in [2.05, 4.69) is 41.7 Å². The summed E-state index contributed by atoms with van der Waals surface area (Å²) in [7, 11) is 0. The molecule has 4 rings (SSSR count). The van der Waals surface area contributed by atoms with Crippen LogP contribution < -0.4 is 5.32 Å². The normalized spacial score (nSPS) is 51.8. The molecule has 96 valence electrons. The Kier molecular flexibility index (Phi) is 2.59. The maximum atomic E-state index is 3.96. The maximum absolute atomic E-state index is 3.96. The Hall–Kier alpha value is 0.180. The van der Waals surface area contributed by atoms with Gasteiger partial charge in [0.25, 0.3) is 0 Å². The highest BCUT2D eigenvalue weighted by molar-refractivity contribution is 9.11. The predicted molar refractivity (Wildman–Crippen MR) is 76.2 cm³/mol. The fourth-order valence-electron chi connectivity index (χ4n) is 5.93. The molecular formula is C15H24BrN. The summed E-state index contributed by atoms with van der Waals surface area (Å²) in [5.41, 5.74) is 1.63. The van der Waals surface area contributed by atoms with Crippen molar-refractivity contribution in [3.8, 4) is 0 Å². The summed E-state index contributed by atoms with van der Waals surface area (Å²) in [5, 5.41) is 3.83. The highest BCUT2D eigenvalue weighted by Gasteiger charge is 2.59. The van der Waals surface area contributed by atoms with Crippen molar-refractivity contribution in [2.75, 3.05) is 6.54 Å². The zero-order valence-corrected chi connectivity index (χ0v) is 12.7. The van der Waals surface area contributed by atoms with Crippen LogP contribution in [0.1, 0.15) is 52.4 Å². The Bertz CT molecular complexity index is 344. The predicted octanol–water partition coefficient (Wildman–Crippen LogP) is 4.23. The third kappa shape index (κ3) is 2.12. The monoisotopic (exact) mass is 297 g/mol. The number of halogens is 1. The van der Waals surface area contributed by atoms with Crippen LogP contribution in [-0.2, 0) is 0 Å². The van der Waals surface area contributed by atoms with Crippen LogP contribution in [0, 0.1) is 16.7 Å². The van der Waals surface area contributed by atoms with Gasteiger partial charge in [0.15, 0.2) is 0 Å². The van der Waals surface area contributed by atoms with Crippen LogP contribution in [-0.4, -0.2) is 12.1 Å². The van der Waals surface area contributed by atoms with Crippen molar-refractivity contribution in [1.29, 1.82) is 0 Å². The van der Waals surface area contributed by atoms with Crippen LogP contribution >= 0.6 is 15.9 Å². The standard InChI is InChI=1S/C15H24BrN/c1-11(16)7-17-15-6-12-4-13(2,9-15)8-14(3,5-12)10-15/h12,17H,1,4-10H2,2-3H3. The molecule has 0 heterocycles. The van der Waals surface area contributed by atoms with Crippen LogP contribution in [0.5, 0.6) is 0 Å². The second-order valence-electron chi connectivity index (χ2n) is 7.78. The van der Waals surface area contributed by atoms with Gasteiger partial charge in [-0.15, -0.1) is 0 Å². The minimum atomic E-state index is 0.416. The molecule has 4 aliphatic rings. The Morgan fingerprint density at radius 1 is 1.18 bits per heavy atom. The molecule has 17 heavy (non-hydrogen) atoms. The van der Waals surface area contributed by atoms with Crippen LogP contribution in [0.2, 0.25) is 0 Å². The van der Waals surface area contributed by atoms with Gasteiger partial charge in [0.05, 0.1) is 0 Å².